The highest BCUT2D eigenvalue weighted by Gasteiger charge is 2.20. The van der Waals surface area contributed by atoms with Crippen molar-refractivity contribution in [1.82, 2.24) is 4.90 Å². The maximum Gasteiger partial charge on any atom is 0.160 e. The van der Waals surface area contributed by atoms with Gasteiger partial charge in [-0.3, -0.25) is 4.90 Å². The largest absolute Gasteiger partial charge is 0.491 e. The highest BCUT2D eigenvalue weighted by Crippen LogP contribution is 2.21. The number of nitrogens with zero attached hydrogens (tertiary/aromatic N) is 1. The molecule has 26 heavy (non-hydrogen) atoms. The van der Waals surface area contributed by atoms with Crippen LogP contribution in [-0.2, 0) is 6.54 Å². The molecule has 0 aromatic heterocycles. The third kappa shape index (κ3) is 5.16. The fraction of sp³-hybridized carbons (Fsp3) is 0.400. The number of ether oxygens (including phenoxy) is 1. The van der Waals surface area contributed by atoms with Crippen LogP contribution in [0.5, 0.6) is 5.75 Å². The number of likely N-dealkylation sites (tertiary alicyclic amines) is 1. The lowest BCUT2D eigenvalue weighted by atomic mass is 10.0. The third-order valence-electron chi connectivity index (χ3n) is 4.46. The Bertz CT molecular complexity index is 727. The second-order valence-electron chi connectivity index (χ2n) is 6.57. The molecule has 0 radical (unpaired) electrons. The van der Waals surface area contributed by atoms with Gasteiger partial charge < -0.3 is 15.2 Å². The number of hydrogen-bond donors (Lipinski definition) is 2. The number of piperidine rings is 1. The summed E-state index contributed by atoms with van der Waals surface area (Å²) in [5.41, 5.74) is 1.75. The van der Waals surface area contributed by atoms with Gasteiger partial charge >= 0.3 is 0 Å². The lowest BCUT2D eigenvalue weighted by molar-refractivity contribution is 0.199. The third-order valence-corrected chi connectivity index (χ3v) is 4.46. The van der Waals surface area contributed by atoms with Gasteiger partial charge in [0.1, 0.15) is 12.4 Å². The summed E-state index contributed by atoms with van der Waals surface area (Å²) in [5, 5.41) is 12.2. The number of rotatable bonds is 7. The van der Waals surface area contributed by atoms with E-state index >= 15 is 0 Å². The van der Waals surface area contributed by atoms with Crippen LogP contribution in [-0.4, -0.2) is 42.4 Å². The van der Waals surface area contributed by atoms with Crippen molar-refractivity contribution in [3.8, 4) is 5.75 Å². The van der Waals surface area contributed by atoms with Gasteiger partial charge in [0.05, 0.1) is 6.61 Å². The minimum Gasteiger partial charge on any atom is -0.491 e. The van der Waals surface area contributed by atoms with Crippen molar-refractivity contribution in [2.75, 3.05) is 31.6 Å². The van der Waals surface area contributed by atoms with Crippen molar-refractivity contribution in [1.29, 1.82) is 0 Å². The summed E-state index contributed by atoms with van der Waals surface area (Å²) in [4.78, 5) is 2.34. The molecule has 2 aromatic carbocycles. The lowest BCUT2D eigenvalue weighted by Gasteiger charge is -2.33. The van der Waals surface area contributed by atoms with Crippen LogP contribution in [0.4, 0.5) is 14.5 Å². The summed E-state index contributed by atoms with van der Waals surface area (Å²) in [5.74, 6) is -0.906. The van der Waals surface area contributed by atoms with Gasteiger partial charge in [0.2, 0.25) is 0 Å². The summed E-state index contributed by atoms with van der Waals surface area (Å²) in [6.45, 7) is 2.91. The van der Waals surface area contributed by atoms with E-state index in [0.29, 0.717) is 5.69 Å². The van der Waals surface area contributed by atoms with Crippen LogP contribution in [0.1, 0.15) is 18.4 Å². The van der Waals surface area contributed by atoms with Gasteiger partial charge in [0, 0.05) is 30.9 Å². The smallest absolute Gasteiger partial charge is 0.160 e. The first-order valence-corrected chi connectivity index (χ1v) is 8.90. The van der Waals surface area contributed by atoms with Crippen molar-refractivity contribution in [3.05, 3.63) is 59.7 Å². The number of benzene rings is 2. The predicted octanol–water partition coefficient (Wildman–Crippen LogP) is 3.41. The number of aliphatic hydroxyl groups excluding tert-OH is 1. The van der Waals surface area contributed by atoms with Crippen LogP contribution in [0.15, 0.2) is 42.5 Å². The van der Waals surface area contributed by atoms with Gasteiger partial charge in [0.25, 0.3) is 0 Å². The number of nitrogens with one attached hydrogen (secondary N) is 1. The zero-order chi connectivity index (χ0) is 18.4. The molecular formula is C20H24F2N2O2. The van der Waals surface area contributed by atoms with Crippen molar-refractivity contribution >= 4 is 5.69 Å². The van der Waals surface area contributed by atoms with E-state index in [1.54, 1.807) is 6.07 Å². The topological polar surface area (TPSA) is 44.7 Å². The molecule has 6 heteroatoms. The molecule has 0 spiro atoms. The Hall–Kier alpha value is -2.18. The molecule has 4 nitrogen and oxygen atoms in total. The van der Waals surface area contributed by atoms with Crippen molar-refractivity contribution in [3.63, 3.8) is 0 Å². The van der Waals surface area contributed by atoms with E-state index in [1.165, 1.54) is 6.07 Å². The Morgan fingerprint density at radius 3 is 2.85 bits per heavy atom. The van der Waals surface area contributed by atoms with Crippen molar-refractivity contribution in [2.45, 2.75) is 25.4 Å². The van der Waals surface area contributed by atoms with E-state index < -0.39 is 11.6 Å². The quantitative estimate of drug-likeness (QED) is 0.792. The molecule has 1 heterocycles. The van der Waals surface area contributed by atoms with Gasteiger partial charge in [-0.05, 0) is 49.2 Å². The zero-order valence-corrected chi connectivity index (χ0v) is 14.6. The Morgan fingerprint density at radius 1 is 1.15 bits per heavy atom. The molecule has 0 saturated carbocycles. The average molecular weight is 362 g/mol. The lowest BCUT2D eigenvalue weighted by Crippen LogP contribution is -2.41. The number of hydrogen-bond acceptors (Lipinski definition) is 4. The molecule has 140 valence electrons. The number of halogens is 2. The fourth-order valence-electron chi connectivity index (χ4n) is 3.29. The number of aliphatic hydroxyl groups is 1. The van der Waals surface area contributed by atoms with Crippen LogP contribution in [0, 0.1) is 11.6 Å². The summed E-state index contributed by atoms with van der Waals surface area (Å²) in [6, 6.07) is 12.0. The molecule has 1 atom stereocenters. The summed E-state index contributed by atoms with van der Waals surface area (Å²) < 4.78 is 31.9. The first-order valence-electron chi connectivity index (χ1n) is 8.90. The second kappa shape index (κ2) is 8.96. The van der Waals surface area contributed by atoms with Gasteiger partial charge in [-0.2, -0.15) is 0 Å². The van der Waals surface area contributed by atoms with E-state index in [4.69, 9.17) is 9.84 Å². The Labute approximate surface area is 152 Å². The van der Waals surface area contributed by atoms with E-state index in [1.807, 2.05) is 18.2 Å². The molecule has 1 saturated heterocycles. The fourth-order valence-corrected chi connectivity index (χ4v) is 3.29. The molecule has 1 aliphatic rings. The zero-order valence-electron chi connectivity index (χ0n) is 14.6. The van der Waals surface area contributed by atoms with E-state index in [2.05, 4.69) is 16.3 Å². The average Bonchev–Trinajstić information content (AvgIpc) is 2.64. The van der Waals surface area contributed by atoms with Crippen molar-refractivity contribution in [2.24, 2.45) is 0 Å². The predicted molar refractivity (Wildman–Crippen MR) is 97.3 cm³/mol. The molecule has 0 unspecified atom stereocenters. The highest BCUT2D eigenvalue weighted by atomic mass is 19.2. The SMILES string of the molecule is OCCOc1cccc(CN2CCC[C@@H](Nc3ccc(F)c(F)c3)C2)c1. The molecule has 0 aliphatic carbocycles. The molecule has 3 rings (SSSR count). The first-order chi connectivity index (χ1) is 12.6. The Balaban J connectivity index is 1.57. The molecule has 2 aromatic rings. The summed E-state index contributed by atoms with van der Waals surface area (Å²) in [7, 11) is 0. The molecule has 0 bridgehead atoms. The Kier molecular flexibility index (Phi) is 6.41. The van der Waals surface area contributed by atoms with E-state index in [9.17, 15) is 8.78 Å². The van der Waals surface area contributed by atoms with Crippen LogP contribution in [0.3, 0.4) is 0 Å². The van der Waals surface area contributed by atoms with Crippen LogP contribution in [0.2, 0.25) is 0 Å². The monoisotopic (exact) mass is 362 g/mol. The first kappa shape index (κ1) is 18.6. The van der Waals surface area contributed by atoms with Crippen molar-refractivity contribution < 1.29 is 18.6 Å². The minimum atomic E-state index is -0.831. The van der Waals surface area contributed by atoms with Gasteiger partial charge in [-0.15, -0.1) is 0 Å². The van der Waals surface area contributed by atoms with E-state index in [0.717, 1.165) is 49.9 Å². The number of anilines is 1. The maximum atomic E-state index is 13.4. The molecule has 1 fully saturated rings. The van der Waals surface area contributed by atoms with Crippen LogP contribution >= 0.6 is 0 Å². The van der Waals surface area contributed by atoms with E-state index in [-0.39, 0.29) is 19.3 Å². The molecule has 2 N–H and O–H groups in total. The molecule has 0 amide bonds. The van der Waals surface area contributed by atoms with Crippen LogP contribution in [0.25, 0.3) is 0 Å². The summed E-state index contributed by atoms with van der Waals surface area (Å²) in [6.07, 6.45) is 2.04. The summed E-state index contributed by atoms with van der Waals surface area (Å²) >= 11 is 0. The van der Waals surface area contributed by atoms with Gasteiger partial charge in [0.15, 0.2) is 11.6 Å². The normalized spacial score (nSPS) is 17.9. The van der Waals surface area contributed by atoms with Gasteiger partial charge in [-0.1, -0.05) is 12.1 Å². The molecule has 1 aliphatic heterocycles. The maximum absolute atomic E-state index is 13.4. The Morgan fingerprint density at radius 2 is 2.04 bits per heavy atom. The highest BCUT2D eigenvalue weighted by molar-refractivity contribution is 5.44. The minimum absolute atomic E-state index is 0.00627. The molecular weight excluding hydrogens is 338 g/mol. The standard InChI is InChI=1S/C20H24F2N2O2/c21-19-7-6-16(12-20(19)22)23-17-4-2-8-24(14-17)13-15-3-1-5-18(11-15)26-10-9-25/h1,3,5-7,11-12,17,23,25H,2,4,8-10,13-14H2/t17-/m1/s1. The van der Waals surface area contributed by atoms with Crippen LogP contribution < -0.4 is 10.1 Å². The van der Waals surface area contributed by atoms with Gasteiger partial charge in [-0.25, -0.2) is 8.78 Å². The second-order valence-corrected chi connectivity index (χ2v) is 6.57.